The lowest BCUT2D eigenvalue weighted by molar-refractivity contribution is 0.0838. The number of aromatic nitrogens is 2. The number of alkyl halides is 2. The van der Waals surface area contributed by atoms with Gasteiger partial charge >= 0.3 is 0 Å². The first kappa shape index (κ1) is 12.7. The molecule has 0 aliphatic heterocycles. The SMILES string of the molecule is CC(C)C1[C@@H](c2nsc(-c3ccccc3)n2)C1(F)F. The van der Waals surface area contributed by atoms with Crippen LogP contribution in [-0.2, 0) is 0 Å². The molecule has 0 amide bonds. The maximum atomic E-state index is 13.7. The number of benzene rings is 1. The fourth-order valence-electron chi connectivity index (χ4n) is 2.57. The molecule has 1 aliphatic carbocycles. The summed E-state index contributed by atoms with van der Waals surface area (Å²) in [5.74, 6) is -3.83. The number of hydrogen-bond acceptors (Lipinski definition) is 3. The second-order valence-corrected chi connectivity index (χ2v) is 6.00. The van der Waals surface area contributed by atoms with Gasteiger partial charge in [0, 0.05) is 11.5 Å². The summed E-state index contributed by atoms with van der Waals surface area (Å²) in [6.07, 6.45) is 0. The van der Waals surface area contributed by atoms with Crippen LogP contribution in [0.15, 0.2) is 30.3 Å². The van der Waals surface area contributed by atoms with Crippen LogP contribution in [0.2, 0.25) is 0 Å². The van der Waals surface area contributed by atoms with Gasteiger partial charge < -0.3 is 0 Å². The van der Waals surface area contributed by atoms with Crippen LogP contribution in [0.5, 0.6) is 0 Å². The summed E-state index contributed by atoms with van der Waals surface area (Å²) < 4.78 is 31.6. The average Bonchev–Trinajstić information content (AvgIpc) is 2.76. The van der Waals surface area contributed by atoms with Crippen molar-refractivity contribution < 1.29 is 8.78 Å². The zero-order chi connectivity index (χ0) is 13.6. The third-order valence-electron chi connectivity index (χ3n) is 3.57. The Balaban J connectivity index is 1.88. The molecule has 3 rings (SSSR count). The Bertz CT molecular complexity index is 580. The van der Waals surface area contributed by atoms with Crippen molar-refractivity contribution in [2.75, 3.05) is 0 Å². The largest absolute Gasteiger partial charge is 0.262 e. The van der Waals surface area contributed by atoms with Crippen LogP contribution in [0, 0.1) is 11.8 Å². The lowest BCUT2D eigenvalue weighted by atomic mass is 10.1. The predicted molar refractivity (Wildman–Crippen MR) is 71.4 cm³/mol. The highest BCUT2D eigenvalue weighted by Gasteiger charge is 2.71. The fraction of sp³-hybridized carbons (Fsp3) is 0.429. The van der Waals surface area contributed by atoms with Gasteiger partial charge in [0.2, 0.25) is 0 Å². The van der Waals surface area contributed by atoms with E-state index in [1.165, 1.54) is 11.5 Å². The predicted octanol–water partition coefficient (Wildman–Crippen LogP) is 4.21. The summed E-state index contributed by atoms with van der Waals surface area (Å²) in [4.78, 5) is 4.30. The van der Waals surface area contributed by atoms with Crippen molar-refractivity contribution >= 4 is 11.5 Å². The van der Waals surface area contributed by atoms with Crippen molar-refractivity contribution in [3.63, 3.8) is 0 Å². The van der Waals surface area contributed by atoms with Gasteiger partial charge in [0.25, 0.3) is 5.92 Å². The normalized spacial score (nSPS) is 24.7. The summed E-state index contributed by atoms with van der Waals surface area (Å²) in [6, 6.07) is 9.54. The van der Waals surface area contributed by atoms with Crippen LogP contribution < -0.4 is 0 Å². The first-order valence-electron chi connectivity index (χ1n) is 6.28. The van der Waals surface area contributed by atoms with Crippen molar-refractivity contribution in [3.05, 3.63) is 36.2 Å². The molecule has 1 fully saturated rings. The lowest BCUT2D eigenvalue weighted by Gasteiger charge is -1.98. The van der Waals surface area contributed by atoms with E-state index < -0.39 is 17.8 Å². The third-order valence-corrected chi connectivity index (χ3v) is 4.35. The van der Waals surface area contributed by atoms with E-state index in [0.717, 1.165) is 5.56 Å². The molecule has 100 valence electrons. The second kappa shape index (κ2) is 4.34. The molecule has 2 nitrogen and oxygen atoms in total. The Kier molecular flexibility index (Phi) is 2.89. The third kappa shape index (κ3) is 2.06. The van der Waals surface area contributed by atoms with Crippen LogP contribution in [0.1, 0.15) is 25.6 Å². The van der Waals surface area contributed by atoms with E-state index in [4.69, 9.17) is 0 Å². The van der Waals surface area contributed by atoms with E-state index in [1.54, 1.807) is 0 Å². The smallest absolute Gasteiger partial charge is 0.219 e. The molecule has 0 radical (unpaired) electrons. The van der Waals surface area contributed by atoms with Gasteiger partial charge in [-0.15, -0.1) is 0 Å². The fourth-order valence-corrected chi connectivity index (χ4v) is 3.28. The van der Waals surface area contributed by atoms with Crippen molar-refractivity contribution in [2.45, 2.75) is 25.7 Å². The molecule has 1 unspecified atom stereocenters. The van der Waals surface area contributed by atoms with Crippen LogP contribution in [0.25, 0.3) is 10.6 Å². The van der Waals surface area contributed by atoms with Crippen LogP contribution in [0.4, 0.5) is 8.78 Å². The summed E-state index contributed by atoms with van der Waals surface area (Å²) in [7, 11) is 0. The Morgan fingerprint density at radius 1 is 1.21 bits per heavy atom. The molecular formula is C14H14F2N2S. The highest BCUT2D eigenvalue weighted by atomic mass is 32.1. The van der Waals surface area contributed by atoms with Gasteiger partial charge in [0.05, 0.1) is 5.92 Å². The van der Waals surface area contributed by atoms with Gasteiger partial charge in [-0.05, 0) is 17.5 Å². The molecule has 0 saturated heterocycles. The van der Waals surface area contributed by atoms with E-state index >= 15 is 0 Å². The summed E-state index contributed by atoms with van der Waals surface area (Å²) >= 11 is 1.19. The van der Waals surface area contributed by atoms with Crippen molar-refractivity contribution in [3.8, 4) is 10.6 Å². The standard InChI is InChI=1S/C14H14F2N2S/c1-8(2)10-11(14(10,15)16)12-17-13(19-18-12)9-6-4-3-5-7-9/h3-8,10-11H,1-2H3/t10?,11-/m0/s1. The molecule has 1 saturated carbocycles. The Morgan fingerprint density at radius 3 is 2.47 bits per heavy atom. The van der Waals surface area contributed by atoms with E-state index in [0.29, 0.717) is 10.8 Å². The average molecular weight is 280 g/mol. The molecule has 1 aliphatic rings. The molecule has 2 atom stereocenters. The van der Waals surface area contributed by atoms with Gasteiger partial charge in [0.15, 0.2) is 5.82 Å². The maximum absolute atomic E-state index is 13.7. The number of halogens is 2. The van der Waals surface area contributed by atoms with Gasteiger partial charge in [-0.25, -0.2) is 13.8 Å². The number of rotatable bonds is 3. The highest BCUT2D eigenvalue weighted by Crippen LogP contribution is 2.64. The molecule has 1 aromatic heterocycles. The second-order valence-electron chi connectivity index (χ2n) is 5.25. The molecule has 2 aromatic rings. The summed E-state index contributed by atoms with van der Waals surface area (Å²) in [5, 5.41) is 0.709. The zero-order valence-corrected chi connectivity index (χ0v) is 11.5. The van der Waals surface area contributed by atoms with E-state index in [9.17, 15) is 8.78 Å². The molecule has 19 heavy (non-hydrogen) atoms. The van der Waals surface area contributed by atoms with E-state index in [-0.39, 0.29) is 5.92 Å². The van der Waals surface area contributed by atoms with Crippen molar-refractivity contribution in [2.24, 2.45) is 11.8 Å². The van der Waals surface area contributed by atoms with E-state index in [1.807, 2.05) is 44.2 Å². The lowest BCUT2D eigenvalue weighted by Crippen LogP contribution is -1.99. The van der Waals surface area contributed by atoms with Gasteiger partial charge in [-0.2, -0.15) is 4.37 Å². The molecule has 0 bridgehead atoms. The molecule has 5 heteroatoms. The van der Waals surface area contributed by atoms with Crippen LogP contribution in [-0.4, -0.2) is 15.3 Å². The summed E-state index contributed by atoms with van der Waals surface area (Å²) in [5.41, 5.74) is 0.927. The Morgan fingerprint density at radius 2 is 1.89 bits per heavy atom. The zero-order valence-electron chi connectivity index (χ0n) is 10.7. The topological polar surface area (TPSA) is 25.8 Å². The Hall–Kier alpha value is -1.36. The van der Waals surface area contributed by atoms with Crippen molar-refractivity contribution in [1.82, 2.24) is 9.36 Å². The monoisotopic (exact) mass is 280 g/mol. The first-order valence-corrected chi connectivity index (χ1v) is 7.06. The van der Waals surface area contributed by atoms with Crippen LogP contribution in [0.3, 0.4) is 0 Å². The molecule has 1 aromatic carbocycles. The number of nitrogens with zero attached hydrogens (tertiary/aromatic N) is 2. The molecule has 0 spiro atoms. The highest BCUT2D eigenvalue weighted by molar-refractivity contribution is 7.09. The first-order chi connectivity index (χ1) is 9.01. The van der Waals surface area contributed by atoms with Gasteiger partial charge in [0.1, 0.15) is 5.01 Å². The van der Waals surface area contributed by atoms with Crippen molar-refractivity contribution in [1.29, 1.82) is 0 Å². The molecule has 0 N–H and O–H groups in total. The van der Waals surface area contributed by atoms with Crippen LogP contribution >= 0.6 is 11.5 Å². The minimum atomic E-state index is -2.65. The van der Waals surface area contributed by atoms with Gasteiger partial charge in [-0.1, -0.05) is 44.2 Å². The number of hydrogen-bond donors (Lipinski definition) is 0. The summed E-state index contributed by atoms with van der Waals surface area (Å²) in [6.45, 7) is 3.64. The van der Waals surface area contributed by atoms with Gasteiger partial charge in [-0.3, -0.25) is 0 Å². The maximum Gasteiger partial charge on any atom is 0.262 e. The molecular weight excluding hydrogens is 266 g/mol. The molecule has 1 heterocycles. The minimum Gasteiger partial charge on any atom is -0.219 e. The minimum absolute atomic E-state index is 0.0522. The Labute approximate surface area is 114 Å². The quantitative estimate of drug-likeness (QED) is 0.841. The van der Waals surface area contributed by atoms with E-state index in [2.05, 4.69) is 9.36 Å².